The van der Waals surface area contributed by atoms with Gasteiger partial charge >= 0.3 is 6.18 Å². The molecule has 0 aliphatic heterocycles. The van der Waals surface area contributed by atoms with Crippen LogP contribution in [0.5, 0.6) is 0 Å². The monoisotopic (exact) mass is 288 g/mol. The lowest BCUT2D eigenvalue weighted by atomic mass is 10.0. The lowest BCUT2D eigenvalue weighted by Gasteiger charge is -2.18. The molecule has 0 aliphatic rings. The summed E-state index contributed by atoms with van der Waals surface area (Å²) in [6.45, 7) is 2.24. The third kappa shape index (κ3) is 4.83. The van der Waals surface area contributed by atoms with Crippen LogP contribution in [0.4, 0.5) is 17.6 Å². The van der Waals surface area contributed by atoms with Crippen molar-refractivity contribution in [3.8, 4) is 11.8 Å². The molecule has 6 heteroatoms. The van der Waals surface area contributed by atoms with Crippen LogP contribution >= 0.6 is 0 Å². The lowest BCUT2D eigenvalue weighted by Crippen LogP contribution is -2.29. The summed E-state index contributed by atoms with van der Waals surface area (Å²) in [4.78, 5) is 0. The molecular formula is C14H16F4N2. The maximum atomic E-state index is 13.3. The molecular weight excluding hydrogens is 272 g/mol. The zero-order valence-corrected chi connectivity index (χ0v) is 11.0. The molecule has 0 fully saturated rings. The van der Waals surface area contributed by atoms with E-state index in [4.69, 9.17) is 5.73 Å². The van der Waals surface area contributed by atoms with Gasteiger partial charge in [0, 0.05) is 25.6 Å². The molecule has 0 saturated heterocycles. The van der Waals surface area contributed by atoms with Gasteiger partial charge in [0.05, 0.1) is 5.56 Å². The van der Waals surface area contributed by atoms with Gasteiger partial charge in [-0.05, 0) is 30.7 Å². The average molecular weight is 288 g/mol. The minimum Gasteiger partial charge on any atom is -0.329 e. The Morgan fingerprint density at radius 1 is 1.30 bits per heavy atom. The van der Waals surface area contributed by atoms with Gasteiger partial charge in [-0.1, -0.05) is 0 Å². The summed E-state index contributed by atoms with van der Waals surface area (Å²) in [5.41, 5.74) is 4.70. The summed E-state index contributed by atoms with van der Waals surface area (Å²) in [5.74, 6) is 4.60. The van der Waals surface area contributed by atoms with E-state index in [2.05, 4.69) is 17.2 Å². The molecule has 0 aliphatic carbocycles. The van der Waals surface area contributed by atoms with Crippen LogP contribution < -0.4 is 11.1 Å². The first-order chi connectivity index (χ1) is 9.38. The standard InChI is InChI=1S/C14H16F4N2/c1-2-3-4-5-20-13(9-19)10-6-11(14(16,17)18)8-12(15)7-10/h6-8,13,20H,4-5,9,19H2,1H3. The second-order valence-corrected chi connectivity index (χ2v) is 4.19. The van der Waals surface area contributed by atoms with E-state index in [1.807, 2.05) is 0 Å². The molecule has 0 saturated carbocycles. The Morgan fingerprint density at radius 3 is 2.55 bits per heavy atom. The maximum absolute atomic E-state index is 13.3. The van der Waals surface area contributed by atoms with Crippen molar-refractivity contribution in [2.75, 3.05) is 13.1 Å². The predicted molar refractivity (Wildman–Crippen MR) is 69.3 cm³/mol. The summed E-state index contributed by atoms with van der Waals surface area (Å²) in [6, 6.07) is 1.91. The number of benzene rings is 1. The van der Waals surface area contributed by atoms with Crippen molar-refractivity contribution in [3.63, 3.8) is 0 Å². The minimum atomic E-state index is -4.58. The Bertz CT molecular complexity index is 500. The first-order valence-corrected chi connectivity index (χ1v) is 6.09. The van der Waals surface area contributed by atoms with Gasteiger partial charge < -0.3 is 11.1 Å². The van der Waals surface area contributed by atoms with Gasteiger partial charge in [-0.15, -0.1) is 11.8 Å². The molecule has 1 rings (SSSR count). The smallest absolute Gasteiger partial charge is 0.329 e. The van der Waals surface area contributed by atoms with Gasteiger partial charge in [0.2, 0.25) is 0 Å². The average Bonchev–Trinajstić information content (AvgIpc) is 2.37. The van der Waals surface area contributed by atoms with E-state index in [0.717, 1.165) is 12.1 Å². The molecule has 0 radical (unpaired) electrons. The van der Waals surface area contributed by atoms with E-state index in [0.29, 0.717) is 19.0 Å². The van der Waals surface area contributed by atoms with Gasteiger partial charge in [0.25, 0.3) is 0 Å². The third-order valence-corrected chi connectivity index (χ3v) is 2.70. The highest BCUT2D eigenvalue weighted by Crippen LogP contribution is 2.31. The molecule has 0 heterocycles. The number of halogens is 4. The van der Waals surface area contributed by atoms with E-state index < -0.39 is 23.6 Å². The van der Waals surface area contributed by atoms with E-state index >= 15 is 0 Å². The molecule has 1 aromatic carbocycles. The fourth-order valence-corrected chi connectivity index (χ4v) is 1.75. The van der Waals surface area contributed by atoms with Crippen molar-refractivity contribution in [1.29, 1.82) is 0 Å². The van der Waals surface area contributed by atoms with Crippen LogP contribution in [-0.4, -0.2) is 13.1 Å². The molecule has 1 atom stereocenters. The van der Waals surface area contributed by atoms with Crippen LogP contribution in [0.25, 0.3) is 0 Å². The normalized spacial score (nSPS) is 12.7. The summed E-state index contributed by atoms with van der Waals surface area (Å²) < 4.78 is 51.2. The van der Waals surface area contributed by atoms with Crippen molar-refractivity contribution in [1.82, 2.24) is 5.32 Å². The van der Waals surface area contributed by atoms with Crippen LogP contribution in [0.2, 0.25) is 0 Å². The first-order valence-electron chi connectivity index (χ1n) is 6.09. The van der Waals surface area contributed by atoms with Crippen molar-refractivity contribution in [2.45, 2.75) is 25.6 Å². The largest absolute Gasteiger partial charge is 0.416 e. The Labute approximate surface area is 115 Å². The van der Waals surface area contributed by atoms with E-state index in [-0.39, 0.29) is 12.1 Å². The molecule has 0 amide bonds. The first kappa shape index (κ1) is 16.5. The fraction of sp³-hybridized carbons (Fsp3) is 0.429. The Kier molecular flexibility index (Phi) is 5.99. The molecule has 0 aromatic heterocycles. The molecule has 3 N–H and O–H groups in total. The highest BCUT2D eigenvalue weighted by atomic mass is 19.4. The molecule has 20 heavy (non-hydrogen) atoms. The second-order valence-electron chi connectivity index (χ2n) is 4.19. The minimum absolute atomic E-state index is 0.0697. The summed E-state index contributed by atoms with van der Waals surface area (Å²) in [6.07, 6.45) is -4.03. The van der Waals surface area contributed by atoms with Gasteiger partial charge in [0.15, 0.2) is 0 Å². The third-order valence-electron chi connectivity index (χ3n) is 2.70. The van der Waals surface area contributed by atoms with Crippen LogP contribution in [0, 0.1) is 17.7 Å². The quantitative estimate of drug-likeness (QED) is 0.497. The van der Waals surface area contributed by atoms with Gasteiger partial charge in [-0.25, -0.2) is 4.39 Å². The zero-order chi connectivity index (χ0) is 15.2. The van der Waals surface area contributed by atoms with E-state index in [9.17, 15) is 17.6 Å². The summed E-state index contributed by atoms with van der Waals surface area (Å²) in [5, 5.41) is 2.96. The molecule has 1 unspecified atom stereocenters. The predicted octanol–water partition coefficient (Wildman–Crippen LogP) is 2.85. The SMILES string of the molecule is CC#CCCNC(CN)c1cc(F)cc(C(F)(F)F)c1. The van der Waals surface area contributed by atoms with Gasteiger partial charge in [0.1, 0.15) is 5.82 Å². The maximum Gasteiger partial charge on any atom is 0.416 e. The van der Waals surface area contributed by atoms with Crippen LogP contribution in [-0.2, 0) is 6.18 Å². The number of hydrogen-bond donors (Lipinski definition) is 2. The summed E-state index contributed by atoms with van der Waals surface area (Å²) >= 11 is 0. The van der Waals surface area contributed by atoms with Crippen molar-refractivity contribution >= 4 is 0 Å². The summed E-state index contributed by atoms with van der Waals surface area (Å²) in [7, 11) is 0. The lowest BCUT2D eigenvalue weighted by molar-refractivity contribution is -0.137. The molecule has 1 aromatic rings. The fourth-order valence-electron chi connectivity index (χ4n) is 1.75. The molecule has 110 valence electrons. The highest BCUT2D eigenvalue weighted by molar-refractivity contribution is 5.29. The van der Waals surface area contributed by atoms with Crippen molar-refractivity contribution in [3.05, 3.63) is 35.1 Å². The zero-order valence-electron chi connectivity index (χ0n) is 11.0. The Morgan fingerprint density at radius 2 is 2.00 bits per heavy atom. The number of rotatable bonds is 5. The Balaban J connectivity index is 2.91. The van der Waals surface area contributed by atoms with Crippen LogP contribution in [0.1, 0.15) is 30.5 Å². The topological polar surface area (TPSA) is 38.0 Å². The molecule has 0 bridgehead atoms. The number of alkyl halides is 3. The second kappa shape index (κ2) is 7.27. The molecule has 0 spiro atoms. The molecule has 2 nitrogen and oxygen atoms in total. The van der Waals surface area contributed by atoms with Gasteiger partial charge in [-0.3, -0.25) is 0 Å². The number of hydrogen-bond acceptors (Lipinski definition) is 2. The van der Waals surface area contributed by atoms with Crippen LogP contribution in [0.15, 0.2) is 18.2 Å². The van der Waals surface area contributed by atoms with Gasteiger partial charge in [-0.2, -0.15) is 13.2 Å². The Hall–Kier alpha value is -1.58. The van der Waals surface area contributed by atoms with E-state index in [1.54, 1.807) is 6.92 Å². The highest BCUT2D eigenvalue weighted by Gasteiger charge is 2.31. The van der Waals surface area contributed by atoms with Crippen molar-refractivity contribution in [2.24, 2.45) is 5.73 Å². The van der Waals surface area contributed by atoms with E-state index in [1.165, 1.54) is 0 Å². The van der Waals surface area contributed by atoms with Crippen LogP contribution in [0.3, 0.4) is 0 Å². The van der Waals surface area contributed by atoms with Crippen molar-refractivity contribution < 1.29 is 17.6 Å². The number of nitrogens with two attached hydrogens (primary N) is 1. The number of nitrogens with one attached hydrogen (secondary N) is 1.